The van der Waals surface area contributed by atoms with Gasteiger partial charge < -0.3 is 4.98 Å². The molecule has 1 N–H and O–H groups in total. The van der Waals surface area contributed by atoms with Crippen LogP contribution in [-0.4, -0.2) is 15.0 Å². The van der Waals surface area contributed by atoms with Crippen LogP contribution in [0.1, 0.15) is 38.7 Å². The number of aromatic nitrogens is 3. The zero-order chi connectivity index (χ0) is 11.3. The van der Waals surface area contributed by atoms with E-state index in [-0.39, 0.29) is 0 Å². The molecule has 0 unspecified atom stereocenters. The number of rotatable bonds is 2. The zero-order valence-corrected chi connectivity index (χ0v) is 9.96. The number of imidazole rings is 1. The normalized spacial score (nSPS) is 9.87. The van der Waals surface area contributed by atoms with Crippen LogP contribution in [0, 0.1) is 6.92 Å². The molecule has 82 valence electrons. The van der Waals surface area contributed by atoms with Crippen molar-refractivity contribution in [1.82, 2.24) is 15.0 Å². The van der Waals surface area contributed by atoms with Crippen LogP contribution in [0.3, 0.4) is 0 Å². The molecule has 0 saturated carbocycles. The van der Waals surface area contributed by atoms with Gasteiger partial charge in [0, 0.05) is 12.1 Å². The number of aromatic amines is 1. The van der Waals surface area contributed by atoms with Crippen molar-refractivity contribution in [3.8, 4) is 0 Å². The van der Waals surface area contributed by atoms with Crippen molar-refractivity contribution in [3.63, 3.8) is 0 Å². The van der Waals surface area contributed by atoms with E-state index >= 15 is 0 Å². The van der Waals surface area contributed by atoms with Crippen LogP contribution in [0.5, 0.6) is 0 Å². The largest absolute Gasteiger partial charge is 0.341 e. The Kier molecular flexibility index (Phi) is 4.28. The molecular formula is C12H19N3. The second-order valence-corrected chi connectivity index (χ2v) is 3.26. The molecule has 0 aromatic carbocycles. The number of hydrogen-bond acceptors (Lipinski definition) is 2. The zero-order valence-electron chi connectivity index (χ0n) is 9.96. The Morgan fingerprint density at radius 3 is 2.60 bits per heavy atom. The molecular weight excluding hydrogens is 186 g/mol. The summed E-state index contributed by atoms with van der Waals surface area (Å²) in [6.07, 6.45) is 2.11. The third-order valence-electron chi connectivity index (χ3n) is 2.02. The second-order valence-electron chi connectivity index (χ2n) is 3.26. The predicted octanol–water partition coefficient (Wildman–Crippen LogP) is 3.25. The summed E-state index contributed by atoms with van der Waals surface area (Å²) in [6.45, 7) is 8.12. The first-order chi connectivity index (χ1) is 7.29. The van der Waals surface area contributed by atoms with E-state index < -0.39 is 0 Å². The van der Waals surface area contributed by atoms with E-state index in [9.17, 15) is 0 Å². The highest BCUT2D eigenvalue weighted by Gasteiger charge is 2.02. The van der Waals surface area contributed by atoms with Crippen molar-refractivity contribution in [2.75, 3.05) is 0 Å². The van der Waals surface area contributed by atoms with Gasteiger partial charge in [-0.25, -0.2) is 9.97 Å². The molecule has 0 bridgehead atoms. The molecule has 0 aliphatic heterocycles. The minimum Gasteiger partial charge on any atom is -0.341 e. The predicted molar refractivity (Wildman–Crippen MR) is 64.0 cm³/mol. The quantitative estimate of drug-likeness (QED) is 0.817. The average Bonchev–Trinajstić information content (AvgIpc) is 2.63. The van der Waals surface area contributed by atoms with Gasteiger partial charge in [-0.15, -0.1) is 0 Å². The molecule has 2 heterocycles. The van der Waals surface area contributed by atoms with Crippen LogP contribution < -0.4 is 0 Å². The third kappa shape index (κ3) is 2.78. The van der Waals surface area contributed by atoms with Gasteiger partial charge in [0.1, 0.15) is 5.82 Å². The lowest BCUT2D eigenvalue weighted by Gasteiger charge is -1.88. The molecule has 0 radical (unpaired) electrons. The second kappa shape index (κ2) is 5.49. The summed E-state index contributed by atoms with van der Waals surface area (Å²) in [7, 11) is 0. The van der Waals surface area contributed by atoms with Crippen molar-refractivity contribution in [1.29, 1.82) is 0 Å². The van der Waals surface area contributed by atoms with Gasteiger partial charge in [-0.05, 0) is 25.5 Å². The van der Waals surface area contributed by atoms with Gasteiger partial charge in [0.2, 0.25) is 0 Å². The molecule has 2 aromatic heterocycles. The van der Waals surface area contributed by atoms with Gasteiger partial charge >= 0.3 is 0 Å². The van der Waals surface area contributed by atoms with Crippen LogP contribution in [0.25, 0.3) is 11.2 Å². The fourth-order valence-corrected chi connectivity index (χ4v) is 1.39. The van der Waals surface area contributed by atoms with E-state index in [1.807, 2.05) is 32.9 Å². The van der Waals surface area contributed by atoms with Gasteiger partial charge in [0.05, 0.1) is 5.52 Å². The number of fused-ring (bicyclic) bond motifs is 1. The summed E-state index contributed by atoms with van der Waals surface area (Å²) in [6, 6.07) is 4.03. The van der Waals surface area contributed by atoms with E-state index in [0.717, 1.165) is 35.5 Å². The minimum absolute atomic E-state index is 0.837. The Hall–Kier alpha value is -1.38. The Morgan fingerprint density at radius 1 is 1.20 bits per heavy atom. The van der Waals surface area contributed by atoms with Crippen LogP contribution in [0.2, 0.25) is 0 Å². The number of hydrogen-bond donors (Lipinski definition) is 1. The first-order valence-corrected chi connectivity index (χ1v) is 5.62. The maximum absolute atomic E-state index is 4.40. The first-order valence-electron chi connectivity index (χ1n) is 5.62. The first kappa shape index (κ1) is 11.7. The van der Waals surface area contributed by atoms with E-state index in [4.69, 9.17) is 0 Å². The monoisotopic (exact) mass is 205 g/mol. The summed E-state index contributed by atoms with van der Waals surface area (Å²) < 4.78 is 0. The summed E-state index contributed by atoms with van der Waals surface area (Å²) in [5.41, 5.74) is 2.89. The Bertz CT molecular complexity index is 418. The number of H-pyrrole nitrogens is 1. The highest BCUT2D eigenvalue weighted by atomic mass is 15.0. The molecule has 0 aliphatic rings. The molecule has 3 nitrogen and oxygen atoms in total. The van der Waals surface area contributed by atoms with Crippen LogP contribution in [0.4, 0.5) is 0 Å². The van der Waals surface area contributed by atoms with E-state index in [1.165, 1.54) is 0 Å². The fraction of sp³-hybridized carbons (Fsp3) is 0.500. The molecule has 0 spiro atoms. The summed E-state index contributed by atoms with van der Waals surface area (Å²) in [4.78, 5) is 12.0. The van der Waals surface area contributed by atoms with Crippen LogP contribution in [0.15, 0.2) is 12.1 Å². The summed E-state index contributed by atoms with van der Waals surface area (Å²) >= 11 is 0. The van der Waals surface area contributed by atoms with Crippen molar-refractivity contribution < 1.29 is 0 Å². The highest BCUT2D eigenvalue weighted by molar-refractivity contribution is 5.70. The molecule has 2 aromatic rings. The molecule has 0 aliphatic carbocycles. The van der Waals surface area contributed by atoms with Crippen LogP contribution in [-0.2, 0) is 6.42 Å². The summed E-state index contributed by atoms with van der Waals surface area (Å²) in [5, 5.41) is 0. The number of aryl methyl sites for hydroxylation is 2. The Morgan fingerprint density at radius 2 is 1.93 bits per heavy atom. The maximum Gasteiger partial charge on any atom is 0.177 e. The number of nitrogens with one attached hydrogen (secondary N) is 1. The van der Waals surface area contributed by atoms with Crippen molar-refractivity contribution in [2.24, 2.45) is 0 Å². The number of nitrogens with zero attached hydrogens (tertiary/aromatic N) is 2. The lowest BCUT2D eigenvalue weighted by molar-refractivity contribution is 0.860. The molecule has 15 heavy (non-hydrogen) atoms. The molecule has 0 fully saturated rings. The Labute approximate surface area is 91.0 Å². The fourth-order valence-electron chi connectivity index (χ4n) is 1.39. The minimum atomic E-state index is 0.837. The van der Waals surface area contributed by atoms with Crippen molar-refractivity contribution >= 4 is 11.2 Å². The third-order valence-corrected chi connectivity index (χ3v) is 2.02. The molecule has 0 amide bonds. The molecule has 2 rings (SSSR count). The lowest BCUT2D eigenvalue weighted by Crippen LogP contribution is -1.84. The van der Waals surface area contributed by atoms with Gasteiger partial charge in [0.25, 0.3) is 0 Å². The molecule has 3 heteroatoms. The lowest BCUT2D eigenvalue weighted by atomic mass is 10.3. The van der Waals surface area contributed by atoms with E-state index in [2.05, 4.69) is 21.9 Å². The van der Waals surface area contributed by atoms with Gasteiger partial charge in [-0.1, -0.05) is 20.8 Å². The van der Waals surface area contributed by atoms with Crippen molar-refractivity contribution in [2.45, 2.75) is 40.5 Å². The van der Waals surface area contributed by atoms with Gasteiger partial charge in [-0.2, -0.15) is 0 Å². The number of pyridine rings is 1. The van der Waals surface area contributed by atoms with E-state index in [0.29, 0.717) is 0 Å². The van der Waals surface area contributed by atoms with Crippen LogP contribution >= 0.6 is 0 Å². The smallest absolute Gasteiger partial charge is 0.177 e. The summed E-state index contributed by atoms with van der Waals surface area (Å²) in [5.74, 6) is 1.04. The van der Waals surface area contributed by atoms with Crippen molar-refractivity contribution in [3.05, 3.63) is 23.7 Å². The molecule has 0 atom stereocenters. The highest BCUT2D eigenvalue weighted by Crippen LogP contribution is 2.10. The SMILES string of the molecule is CC.CCCc1nc2nc(C)ccc2[nH]1. The topological polar surface area (TPSA) is 41.6 Å². The molecule has 0 saturated heterocycles. The van der Waals surface area contributed by atoms with Gasteiger partial charge in [-0.3, -0.25) is 0 Å². The van der Waals surface area contributed by atoms with Gasteiger partial charge in [0.15, 0.2) is 5.65 Å². The maximum atomic E-state index is 4.40. The Balaban J connectivity index is 0.000000531. The average molecular weight is 205 g/mol. The van der Waals surface area contributed by atoms with E-state index in [1.54, 1.807) is 0 Å². The standard InChI is InChI=1S/C10H13N3.C2H6/c1-3-4-9-12-8-6-5-7(2)11-10(8)13-9;1-2/h5-6H,3-4H2,1-2H3,(H,11,12,13);1-2H3.